The van der Waals surface area contributed by atoms with E-state index < -0.39 is 16.1 Å². The number of sulfonamides is 1. The van der Waals surface area contributed by atoms with Gasteiger partial charge in [0.1, 0.15) is 6.04 Å². The lowest BCUT2D eigenvalue weighted by Crippen LogP contribution is -2.30. The Morgan fingerprint density at radius 1 is 0.933 bits per heavy atom. The second-order valence-corrected chi connectivity index (χ2v) is 8.79. The highest BCUT2D eigenvalue weighted by Gasteiger charge is 2.26. The van der Waals surface area contributed by atoms with Crippen molar-refractivity contribution in [1.29, 1.82) is 0 Å². The standard InChI is InChI=1S/C22H18ClN3O3S/c23-18-11-7-10-17(15-18)21-24-22(29-25-21)20(14-16-8-3-1-4-9-16)26-30(27,28)19-12-5-2-6-13-19/h1-13,15,20,26H,14H2. The monoisotopic (exact) mass is 439 g/mol. The van der Waals surface area contributed by atoms with Gasteiger partial charge in [-0.05, 0) is 36.2 Å². The second-order valence-electron chi connectivity index (χ2n) is 6.64. The van der Waals surface area contributed by atoms with Crippen molar-refractivity contribution in [1.82, 2.24) is 14.9 Å². The average molecular weight is 440 g/mol. The Morgan fingerprint density at radius 3 is 2.33 bits per heavy atom. The Balaban J connectivity index is 1.67. The van der Waals surface area contributed by atoms with Gasteiger partial charge in [0.05, 0.1) is 4.90 Å². The van der Waals surface area contributed by atoms with E-state index in [-0.39, 0.29) is 10.8 Å². The van der Waals surface area contributed by atoms with Crippen molar-refractivity contribution in [2.45, 2.75) is 17.4 Å². The van der Waals surface area contributed by atoms with Crippen molar-refractivity contribution in [3.8, 4) is 11.4 Å². The van der Waals surface area contributed by atoms with Crippen LogP contribution in [0.15, 0.2) is 94.3 Å². The first-order valence-electron chi connectivity index (χ1n) is 9.22. The van der Waals surface area contributed by atoms with E-state index >= 15 is 0 Å². The molecule has 0 fully saturated rings. The number of aromatic nitrogens is 2. The van der Waals surface area contributed by atoms with E-state index in [1.54, 1.807) is 42.5 Å². The molecule has 0 amide bonds. The van der Waals surface area contributed by atoms with Crippen molar-refractivity contribution < 1.29 is 12.9 Å². The molecule has 1 heterocycles. The number of hydrogen-bond acceptors (Lipinski definition) is 5. The molecule has 3 aromatic carbocycles. The van der Waals surface area contributed by atoms with Gasteiger partial charge in [-0.2, -0.15) is 9.71 Å². The minimum atomic E-state index is -3.79. The fourth-order valence-corrected chi connectivity index (χ4v) is 4.41. The molecule has 0 aliphatic carbocycles. The third-order valence-corrected chi connectivity index (χ3v) is 6.18. The first-order valence-corrected chi connectivity index (χ1v) is 11.1. The summed E-state index contributed by atoms with van der Waals surface area (Å²) in [5.74, 6) is 0.512. The molecule has 8 heteroatoms. The number of rotatable bonds is 7. The zero-order valence-electron chi connectivity index (χ0n) is 15.8. The van der Waals surface area contributed by atoms with E-state index in [4.69, 9.17) is 16.1 Å². The minimum Gasteiger partial charge on any atom is -0.337 e. The molecule has 0 bridgehead atoms. The minimum absolute atomic E-state index is 0.164. The van der Waals surface area contributed by atoms with Crippen LogP contribution in [0.1, 0.15) is 17.5 Å². The highest BCUT2D eigenvalue weighted by Crippen LogP contribution is 2.25. The van der Waals surface area contributed by atoms with Gasteiger partial charge >= 0.3 is 0 Å². The summed E-state index contributed by atoms with van der Waals surface area (Å²) in [7, 11) is -3.79. The SMILES string of the molecule is O=S(=O)(NC(Cc1ccccc1)c1nc(-c2cccc(Cl)c2)no1)c1ccccc1. The van der Waals surface area contributed by atoms with Crippen LogP contribution in [-0.4, -0.2) is 18.6 Å². The van der Waals surface area contributed by atoms with Crippen molar-refractivity contribution >= 4 is 21.6 Å². The first kappa shape index (κ1) is 20.3. The zero-order chi connectivity index (χ0) is 21.0. The Labute approximate surface area is 179 Å². The van der Waals surface area contributed by atoms with Crippen LogP contribution < -0.4 is 4.72 Å². The van der Waals surface area contributed by atoms with Crippen molar-refractivity contribution in [3.05, 3.63) is 101 Å². The molecular formula is C22H18ClN3O3S. The van der Waals surface area contributed by atoms with E-state index in [0.29, 0.717) is 22.8 Å². The van der Waals surface area contributed by atoms with Gasteiger partial charge in [-0.1, -0.05) is 77.4 Å². The van der Waals surface area contributed by atoms with Crippen LogP contribution >= 0.6 is 11.6 Å². The van der Waals surface area contributed by atoms with Gasteiger partial charge in [0.15, 0.2) is 0 Å². The molecule has 1 aromatic heterocycles. The number of nitrogens with one attached hydrogen (secondary N) is 1. The molecule has 152 valence electrons. The molecule has 0 saturated heterocycles. The Bertz CT molecular complexity index is 1230. The van der Waals surface area contributed by atoms with Crippen LogP contribution in [-0.2, 0) is 16.4 Å². The van der Waals surface area contributed by atoms with Gasteiger partial charge in [0.2, 0.25) is 21.7 Å². The van der Waals surface area contributed by atoms with Gasteiger partial charge in [0, 0.05) is 10.6 Å². The third-order valence-electron chi connectivity index (χ3n) is 4.46. The van der Waals surface area contributed by atoms with Crippen LogP contribution in [0.25, 0.3) is 11.4 Å². The van der Waals surface area contributed by atoms with Crippen LogP contribution in [0.4, 0.5) is 0 Å². The normalized spacial score (nSPS) is 12.6. The molecule has 1 unspecified atom stereocenters. The van der Waals surface area contributed by atoms with Crippen LogP contribution in [0.2, 0.25) is 5.02 Å². The summed E-state index contributed by atoms with van der Waals surface area (Å²) in [5.41, 5.74) is 1.61. The van der Waals surface area contributed by atoms with Crippen molar-refractivity contribution in [3.63, 3.8) is 0 Å². The fraction of sp³-hybridized carbons (Fsp3) is 0.0909. The molecular weight excluding hydrogens is 422 g/mol. The van der Waals surface area contributed by atoms with Gasteiger partial charge in [0.25, 0.3) is 0 Å². The fourth-order valence-electron chi connectivity index (χ4n) is 3.01. The lowest BCUT2D eigenvalue weighted by atomic mass is 10.1. The van der Waals surface area contributed by atoms with Gasteiger partial charge in [-0.15, -0.1) is 0 Å². The molecule has 0 aliphatic heterocycles. The summed E-state index contributed by atoms with van der Waals surface area (Å²) in [6.07, 6.45) is 0.351. The summed E-state index contributed by atoms with van der Waals surface area (Å²) in [4.78, 5) is 4.60. The predicted molar refractivity (Wildman–Crippen MR) is 114 cm³/mol. The summed E-state index contributed by atoms with van der Waals surface area (Å²) >= 11 is 6.05. The second kappa shape index (κ2) is 8.79. The van der Waals surface area contributed by atoms with E-state index in [0.717, 1.165) is 5.56 Å². The van der Waals surface area contributed by atoms with Gasteiger partial charge < -0.3 is 4.52 Å². The number of nitrogens with zero attached hydrogens (tertiary/aromatic N) is 2. The first-order chi connectivity index (χ1) is 14.5. The maximum atomic E-state index is 12.9. The molecule has 1 N–H and O–H groups in total. The molecule has 1 atom stereocenters. The number of benzene rings is 3. The van der Waals surface area contributed by atoms with Crippen LogP contribution in [0, 0.1) is 0 Å². The maximum absolute atomic E-state index is 12.9. The molecule has 0 saturated carbocycles. The maximum Gasteiger partial charge on any atom is 0.245 e. The summed E-state index contributed by atoms with van der Waals surface area (Å²) in [6.45, 7) is 0. The molecule has 4 rings (SSSR count). The summed E-state index contributed by atoms with van der Waals surface area (Å²) < 4.78 is 34.0. The molecule has 30 heavy (non-hydrogen) atoms. The van der Waals surface area contributed by atoms with Gasteiger partial charge in [-0.25, -0.2) is 8.42 Å². The van der Waals surface area contributed by atoms with E-state index in [1.807, 2.05) is 30.3 Å². The Hall–Kier alpha value is -3.00. The molecule has 0 radical (unpaired) electrons. The summed E-state index contributed by atoms with van der Waals surface area (Å²) in [5, 5.41) is 4.56. The lowest BCUT2D eigenvalue weighted by Gasteiger charge is -2.15. The van der Waals surface area contributed by atoms with Crippen LogP contribution in [0.5, 0.6) is 0 Å². The largest absolute Gasteiger partial charge is 0.337 e. The van der Waals surface area contributed by atoms with E-state index in [9.17, 15) is 8.42 Å². The van der Waals surface area contributed by atoms with Crippen molar-refractivity contribution in [2.24, 2.45) is 0 Å². The smallest absolute Gasteiger partial charge is 0.245 e. The molecule has 0 aliphatic rings. The highest BCUT2D eigenvalue weighted by atomic mass is 35.5. The third kappa shape index (κ3) is 4.76. The molecule has 0 spiro atoms. The summed E-state index contributed by atoms with van der Waals surface area (Å²) in [6, 6.07) is 24.0. The lowest BCUT2D eigenvalue weighted by molar-refractivity contribution is 0.345. The average Bonchev–Trinajstić information content (AvgIpc) is 3.25. The predicted octanol–water partition coefficient (Wildman–Crippen LogP) is 4.65. The van der Waals surface area contributed by atoms with Crippen LogP contribution in [0.3, 0.4) is 0 Å². The van der Waals surface area contributed by atoms with Gasteiger partial charge in [-0.3, -0.25) is 0 Å². The molecule has 6 nitrogen and oxygen atoms in total. The molecule has 4 aromatic rings. The van der Waals surface area contributed by atoms with E-state index in [1.165, 1.54) is 12.1 Å². The highest BCUT2D eigenvalue weighted by molar-refractivity contribution is 7.89. The Kier molecular flexibility index (Phi) is 5.94. The number of hydrogen-bond donors (Lipinski definition) is 1. The Morgan fingerprint density at radius 2 is 1.63 bits per heavy atom. The zero-order valence-corrected chi connectivity index (χ0v) is 17.3. The van der Waals surface area contributed by atoms with Crippen molar-refractivity contribution in [2.75, 3.05) is 0 Å². The quantitative estimate of drug-likeness (QED) is 0.453. The number of halogens is 1. The topological polar surface area (TPSA) is 85.1 Å². The van der Waals surface area contributed by atoms with E-state index in [2.05, 4.69) is 14.9 Å².